The first-order chi connectivity index (χ1) is 57.7. The first-order valence-corrected chi connectivity index (χ1v) is 39.3. The molecule has 0 aromatic heterocycles. The summed E-state index contributed by atoms with van der Waals surface area (Å²) in [5.74, 6) is 2.10. The number of ether oxygens (including phenoxy) is 13. The van der Waals surface area contributed by atoms with Gasteiger partial charge in [-0.3, -0.25) is 4.79 Å². The number of hydrogen-bond donors (Lipinski definition) is 1. The van der Waals surface area contributed by atoms with E-state index in [2.05, 4.69) is 0 Å². The van der Waals surface area contributed by atoms with Crippen molar-refractivity contribution in [2.45, 2.75) is 110 Å². The lowest BCUT2D eigenvalue weighted by molar-refractivity contribution is -0.154. The summed E-state index contributed by atoms with van der Waals surface area (Å²) < 4.78 is 93.2. The Morgan fingerprint density at radius 1 is 0.308 bits per heavy atom. The molecule has 0 spiro atoms. The first kappa shape index (κ1) is 77.1. The van der Waals surface area contributed by atoms with E-state index in [0.717, 1.165) is 55.6 Å². The molecule has 0 radical (unpaired) electrons. The second-order valence-electron chi connectivity index (χ2n) is 28.8. The van der Waals surface area contributed by atoms with E-state index in [-0.39, 0.29) is 84.0 Å². The fraction of sp³-hybridized carbons (Fsp3) is 0.167. The lowest BCUT2D eigenvalue weighted by atomic mass is 9.77. The van der Waals surface area contributed by atoms with E-state index in [0.29, 0.717) is 85.3 Å². The van der Waals surface area contributed by atoms with Crippen LogP contribution in [0.2, 0.25) is 0 Å². The molecule has 5 atom stereocenters. The molecule has 0 amide bonds. The molecule has 117 heavy (non-hydrogen) atoms. The third-order valence-electron chi connectivity index (χ3n) is 20.3. The molecule has 1 N–H and O–H groups in total. The van der Waals surface area contributed by atoms with Crippen LogP contribution in [0.3, 0.4) is 0 Å². The summed E-state index contributed by atoms with van der Waals surface area (Å²) in [6, 6.07) is 112. The Balaban J connectivity index is 0.943. The van der Waals surface area contributed by atoms with Crippen molar-refractivity contribution in [1.29, 1.82) is 0 Å². The van der Waals surface area contributed by atoms with E-state index in [1.54, 1.807) is 0 Å². The maximum atomic E-state index is 15.0. The van der Waals surface area contributed by atoms with Crippen molar-refractivity contribution < 1.29 is 71.5 Å². The number of fused-ring (bicyclic) bond motifs is 2. The second kappa shape index (κ2) is 37.8. The molecule has 15 heteroatoms. The maximum absolute atomic E-state index is 15.0. The highest BCUT2D eigenvalue weighted by Gasteiger charge is 2.50. The minimum Gasteiger partial charge on any atom is -0.489 e. The van der Waals surface area contributed by atoms with Crippen molar-refractivity contribution in [3.63, 3.8) is 0 Å². The van der Waals surface area contributed by atoms with E-state index < -0.39 is 36.3 Å². The Bertz CT molecular complexity index is 5410. The normalized spacial score (nSPS) is 15.1. The molecule has 15 nitrogen and oxygen atoms in total. The zero-order chi connectivity index (χ0) is 79.3. The lowest BCUT2D eigenvalue weighted by Crippen LogP contribution is -2.40. The fourth-order valence-corrected chi connectivity index (χ4v) is 14.6. The lowest BCUT2D eigenvalue weighted by Gasteiger charge is -2.42. The fourth-order valence-electron chi connectivity index (χ4n) is 14.6. The van der Waals surface area contributed by atoms with Crippen LogP contribution in [0, 0.1) is 0 Å². The van der Waals surface area contributed by atoms with E-state index in [9.17, 15) is 9.90 Å². The topological polar surface area (TPSA) is 157 Å². The quantitative estimate of drug-likeness (QED) is 0.0380. The van der Waals surface area contributed by atoms with Crippen LogP contribution in [-0.4, -0.2) is 23.3 Å². The molecule has 14 aromatic rings. The van der Waals surface area contributed by atoms with Crippen LogP contribution in [0.25, 0.3) is 0 Å². The summed E-state index contributed by atoms with van der Waals surface area (Å²) in [7, 11) is 0. The third-order valence-corrected chi connectivity index (χ3v) is 20.3. The molecular weight excluding hydrogens is 1470 g/mol. The summed E-state index contributed by atoms with van der Waals surface area (Å²) in [4.78, 5) is 15.0. The van der Waals surface area contributed by atoms with Gasteiger partial charge in [0.2, 0.25) is 11.5 Å². The zero-order valence-corrected chi connectivity index (χ0v) is 64.7. The van der Waals surface area contributed by atoms with Crippen LogP contribution in [-0.2, 0) is 82.0 Å². The van der Waals surface area contributed by atoms with E-state index in [1.807, 2.05) is 346 Å². The first-order valence-electron chi connectivity index (χ1n) is 39.3. The van der Waals surface area contributed by atoms with Gasteiger partial charge in [-0.1, -0.05) is 303 Å². The summed E-state index contributed by atoms with van der Waals surface area (Å²) in [6.45, 7) is 2.68. The number of aliphatic hydroxyl groups excluding tert-OH is 1. The highest BCUT2D eigenvalue weighted by atomic mass is 16.6. The van der Waals surface area contributed by atoms with Gasteiger partial charge >= 0.3 is 5.97 Å². The molecule has 586 valence electrons. The SMILES string of the molecule is CC(=O)O[C@@H]1[C@@H](c2c(OCc3ccccc3)cc(OCc3ccccc3)c3c2O[C@H](c2cc(OCc4ccccc4)c(OCc4ccccc4)c(OCc4ccccc4)c2)[C@H](O)C3)c2c(OCc3ccccc3)cc(OCc3ccccc3)cc2O[C@@H]1c1cc(OCc2ccccc2)c(OCc2ccccc2)c(OCc2ccccc2)c1. The average Bonchev–Trinajstić information content (AvgIpc) is 0.717. The van der Waals surface area contributed by atoms with E-state index >= 15 is 0 Å². The molecule has 0 bridgehead atoms. The molecule has 2 aliphatic heterocycles. The van der Waals surface area contributed by atoms with Crippen molar-refractivity contribution in [2.75, 3.05) is 0 Å². The predicted molar refractivity (Wildman–Crippen MR) is 447 cm³/mol. The molecule has 0 aliphatic carbocycles. The Morgan fingerprint density at radius 3 is 0.915 bits per heavy atom. The Labute approximate surface area is 681 Å². The monoisotopic (exact) mass is 1550 g/mol. The van der Waals surface area contributed by atoms with Gasteiger partial charge in [0.15, 0.2) is 41.3 Å². The van der Waals surface area contributed by atoms with Gasteiger partial charge in [0.25, 0.3) is 0 Å². The van der Waals surface area contributed by atoms with Crippen molar-refractivity contribution in [3.05, 3.63) is 429 Å². The molecule has 0 saturated heterocycles. The van der Waals surface area contributed by atoms with Gasteiger partial charge in [-0.25, -0.2) is 0 Å². The number of hydrogen-bond acceptors (Lipinski definition) is 15. The second-order valence-corrected chi connectivity index (χ2v) is 28.8. The van der Waals surface area contributed by atoms with Crippen LogP contribution >= 0.6 is 0 Å². The number of benzene rings is 14. The van der Waals surface area contributed by atoms with E-state index in [4.69, 9.17) is 61.6 Å². The summed E-state index contributed by atoms with van der Waals surface area (Å²) in [6.07, 6.45) is -5.15. The van der Waals surface area contributed by atoms with Gasteiger partial charge < -0.3 is 66.7 Å². The number of carbonyl (C=O) groups excluding carboxylic acids is 1. The molecule has 0 saturated carbocycles. The summed E-state index contributed by atoms with van der Waals surface area (Å²) >= 11 is 0. The zero-order valence-electron chi connectivity index (χ0n) is 64.7. The van der Waals surface area contributed by atoms with Crippen LogP contribution in [0.15, 0.2) is 346 Å². The van der Waals surface area contributed by atoms with Gasteiger partial charge in [0.1, 0.15) is 101 Å². The Hall–Kier alpha value is -13.9. The summed E-state index contributed by atoms with van der Waals surface area (Å²) in [5, 5.41) is 13.5. The summed E-state index contributed by atoms with van der Waals surface area (Å²) in [5.41, 5.74) is 11.2. The van der Waals surface area contributed by atoms with Gasteiger partial charge in [-0.15, -0.1) is 0 Å². The highest BCUT2D eigenvalue weighted by Crippen LogP contribution is 2.60. The van der Waals surface area contributed by atoms with Crippen molar-refractivity contribution in [3.8, 4) is 69.0 Å². The van der Waals surface area contributed by atoms with E-state index in [1.165, 1.54) is 6.92 Å². The molecular formula is C102H88O15. The number of aliphatic hydroxyl groups is 1. The minimum absolute atomic E-state index is 0.0429. The average molecular weight is 1550 g/mol. The predicted octanol–water partition coefficient (Wildman–Crippen LogP) is 21.7. The van der Waals surface area contributed by atoms with Crippen LogP contribution in [0.5, 0.6) is 69.0 Å². The van der Waals surface area contributed by atoms with Crippen LogP contribution in [0.4, 0.5) is 0 Å². The van der Waals surface area contributed by atoms with Crippen LogP contribution in [0.1, 0.15) is 109 Å². The molecule has 0 fully saturated rings. The van der Waals surface area contributed by atoms with Crippen molar-refractivity contribution in [2.24, 2.45) is 0 Å². The highest BCUT2D eigenvalue weighted by molar-refractivity contribution is 5.71. The molecule has 2 heterocycles. The molecule has 2 aliphatic rings. The Kier molecular flexibility index (Phi) is 24.9. The third kappa shape index (κ3) is 19.7. The molecule has 0 unspecified atom stereocenters. The minimum atomic E-state index is -1.37. The Morgan fingerprint density at radius 2 is 0.590 bits per heavy atom. The van der Waals surface area contributed by atoms with Crippen molar-refractivity contribution in [1.82, 2.24) is 0 Å². The molecule has 14 aromatic carbocycles. The van der Waals surface area contributed by atoms with Gasteiger partial charge in [0.05, 0.1) is 12.0 Å². The largest absolute Gasteiger partial charge is 0.489 e. The number of esters is 1. The van der Waals surface area contributed by atoms with Gasteiger partial charge in [-0.05, 0) is 79.9 Å². The van der Waals surface area contributed by atoms with Crippen LogP contribution < -0.4 is 56.8 Å². The maximum Gasteiger partial charge on any atom is 0.303 e. The number of rotatable bonds is 34. The van der Waals surface area contributed by atoms with Gasteiger partial charge in [-0.2, -0.15) is 0 Å². The standard InChI is InChI=1S/C102H88O15/c1-70(103)115-102-96(94-87(107-62-73-36-16-4-17-37-73)56-83(105-60-71-32-12-2-13-33-71)57-89(94)116-98(102)82-54-92(111-66-77-44-24-8-25-45-77)101(114-69-80-50-30-11-31-51-80)93(55-82)112-67-78-46-26-9-27-47-78)95-88(108-63-74-38-18-5-19-39-74)59-86(106-61-72-34-14-3-15-35-72)84-58-85(104)97(117-99(84)95)81-52-90(109-64-75-40-20-6-21-41-75)100(113-68-79-48-28-10-29-49-79)91(53-81)110-65-76-42-22-7-23-43-76/h2-57,59,85,96-98,102,104H,58,60-69H2,1H3/t85-,96-,97-,98-,102-/m1/s1. The molecule has 16 rings (SSSR count). The van der Waals surface area contributed by atoms with Gasteiger partial charge in [0, 0.05) is 59.4 Å². The number of carbonyl (C=O) groups is 1. The van der Waals surface area contributed by atoms with Crippen molar-refractivity contribution >= 4 is 5.97 Å². The smallest absolute Gasteiger partial charge is 0.303 e.